The highest BCUT2D eigenvalue weighted by atomic mass is 16.2. The highest BCUT2D eigenvalue weighted by molar-refractivity contribution is 5.74. The van der Waals surface area contributed by atoms with Gasteiger partial charge in [-0.2, -0.15) is 0 Å². The number of nitrogens with one attached hydrogen (secondary N) is 2. The van der Waals surface area contributed by atoms with Crippen LogP contribution in [0.25, 0.3) is 0 Å². The van der Waals surface area contributed by atoms with Gasteiger partial charge in [-0.15, -0.1) is 0 Å². The molecule has 4 heteroatoms. The molecule has 1 aliphatic rings. The number of anilines is 2. The van der Waals surface area contributed by atoms with Crippen molar-refractivity contribution < 1.29 is 0 Å². The van der Waals surface area contributed by atoms with Gasteiger partial charge in [0, 0.05) is 13.1 Å². The van der Waals surface area contributed by atoms with Crippen LogP contribution in [-0.2, 0) is 0 Å². The fourth-order valence-corrected chi connectivity index (χ4v) is 1.41. The first kappa shape index (κ1) is 7.34. The molecule has 1 heterocycles. The first-order valence-electron chi connectivity index (χ1n) is 4.12. The molecule has 0 amide bonds. The summed E-state index contributed by atoms with van der Waals surface area (Å²) in [6, 6.07) is 0. The first-order chi connectivity index (χ1) is 5.80. The zero-order valence-electron chi connectivity index (χ0n) is 6.64. The van der Waals surface area contributed by atoms with Gasteiger partial charge in [-0.1, -0.05) is 0 Å². The maximum Gasteiger partial charge on any atom is 0.253 e. The lowest BCUT2D eigenvalue weighted by Crippen LogP contribution is -2.38. The Morgan fingerprint density at radius 3 is 1.67 bits per heavy atom. The molecule has 1 aliphatic heterocycles. The number of fused-ring (bicyclic) bond motifs is 1. The van der Waals surface area contributed by atoms with Gasteiger partial charge in [0.05, 0.1) is 0 Å². The van der Waals surface area contributed by atoms with Crippen LogP contribution in [0.5, 0.6) is 0 Å². The van der Waals surface area contributed by atoms with Gasteiger partial charge in [0.15, 0.2) is 0 Å². The highest BCUT2D eigenvalue weighted by Gasteiger charge is 2.20. The molecule has 0 spiro atoms. The van der Waals surface area contributed by atoms with E-state index in [-0.39, 0.29) is 10.9 Å². The molecule has 64 valence electrons. The molecule has 1 aromatic carbocycles. The van der Waals surface area contributed by atoms with Crippen molar-refractivity contribution in [2.24, 2.45) is 0 Å². The van der Waals surface area contributed by atoms with E-state index >= 15 is 0 Å². The Morgan fingerprint density at radius 2 is 1.25 bits per heavy atom. The number of hydrogen-bond donors (Lipinski definition) is 2. The van der Waals surface area contributed by atoms with Crippen molar-refractivity contribution in [1.29, 1.82) is 0 Å². The second-order valence-electron chi connectivity index (χ2n) is 2.97. The van der Waals surface area contributed by atoms with Crippen LogP contribution in [-0.4, -0.2) is 13.1 Å². The van der Waals surface area contributed by atoms with Gasteiger partial charge in [0.2, 0.25) is 0 Å². The molecule has 0 saturated heterocycles. The van der Waals surface area contributed by atoms with E-state index in [0.29, 0.717) is 11.4 Å². The van der Waals surface area contributed by atoms with E-state index in [2.05, 4.69) is 10.6 Å². The highest BCUT2D eigenvalue weighted by Crippen LogP contribution is 2.15. The van der Waals surface area contributed by atoms with Crippen LogP contribution in [0.15, 0.2) is 9.59 Å². The van der Waals surface area contributed by atoms with Crippen molar-refractivity contribution in [3.63, 3.8) is 0 Å². The lowest BCUT2D eigenvalue weighted by Gasteiger charge is -2.17. The molecule has 0 bridgehead atoms. The summed E-state index contributed by atoms with van der Waals surface area (Å²) in [6.45, 7) is 1.58. The summed E-state index contributed by atoms with van der Waals surface area (Å²) in [5, 5.41) is 5.90. The third-order valence-electron chi connectivity index (χ3n) is 2.12. The third-order valence-corrected chi connectivity index (χ3v) is 2.12. The van der Waals surface area contributed by atoms with Crippen molar-refractivity contribution in [2.75, 3.05) is 23.7 Å². The van der Waals surface area contributed by atoms with Gasteiger partial charge >= 0.3 is 0 Å². The van der Waals surface area contributed by atoms with E-state index in [1.165, 1.54) is 0 Å². The van der Waals surface area contributed by atoms with Crippen LogP contribution in [0.2, 0.25) is 0 Å². The summed E-state index contributed by atoms with van der Waals surface area (Å²) in [4.78, 5) is 21.9. The number of rotatable bonds is 0. The molecule has 0 atom stereocenters. The molecular weight excluding hydrogens is 156 g/mol. The van der Waals surface area contributed by atoms with Crippen LogP contribution in [0, 0.1) is 0 Å². The fraction of sp³-hybridized carbons (Fsp3) is 0.500. The normalized spacial score (nSPS) is 17.0. The zero-order valence-corrected chi connectivity index (χ0v) is 6.64. The Morgan fingerprint density at radius 1 is 0.833 bits per heavy atom. The van der Waals surface area contributed by atoms with E-state index < -0.39 is 0 Å². The van der Waals surface area contributed by atoms with Crippen molar-refractivity contribution in [2.45, 2.75) is 12.8 Å². The van der Waals surface area contributed by atoms with E-state index in [1.54, 1.807) is 0 Å². The lowest BCUT2D eigenvalue weighted by molar-refractivity contribution is 0.783. The fourth-order valence-electron chi connectivity index (χ4n) is 1.41. The largest absolute Gasteiger partial charge is 0.380 e. The predicted molar refractivity (Wildman–Crippen MR) is 47.6 cm³/mol. The van der Waals surface area contributed by atoms with E-state index in [1.807, 2.05) is 0 Å². The molecule has 4 nitrogen and oxygen atoms in total. The van der Waals surface area contributed by atoms with Crippen LogP contribution in [0.4, 0.5) is 11.4 Å². The summed E-state index contributed by atoms with van der Waals surface area (Å²) in [5.74, 6) is 0. The average Bonchev–Trinajstić information content (AvgIpc) is 2.04. The summed E-state index contributed by atoms with van der Waals surface area (Å²) in [7, 11) is 0. The van der Waals surface area contributed by atoms with Crippen molar-refractivity contribution >= 4 is 11.4 Å². The minimum absolute atomic E-state index is 0.376. The average molecular weight is 166 g/mol. The topological polar surface area (TPSA) is 58.2 Å². The SMILES string of the molecule is O=c1c2c(c1=O)NCCCCN2. The predicted octanol–water partition coefficient (Wildman–Crippen LogP) is -0.0998. The van der Waals surface area contributed by atoms with Gasteiger partial charge in [-0.3, -0.25) is 9.59 Å². The summed E-state index contributed by atoms with van der Waals surface area (Å²) in [6.07, 6.45) is 2.07. The maximum absolute atomic E-state index is 11.0. The van der Waals surface area contributed by atoms with Gasteiger partial charge in [-0.05, 0) is 12.8 Å². The van der Waals surface area contributed by atoms with Crippen LogP contribution in [0.1, 0.15) is 12.8 Å². The number of hydrogen-bond acceptors (Lipinski definition) is 4. The Kier molecular flexibility index (Phi) is 1.60. The molecular formula is C8H10N2O2. The van der Waals surface area contributed by atoms with Crippen LogP contribution in [0.3, 0.4) is 0 Å². The van der Waals surface area contributed by atoms with Crippen LogP contribution < -0.4 is 21.5 Å². The Balaban J connectivity index is 2.33. The second-order valence-corrected chi connectivity index (χ2v) is 2.97. The monoisotopic (exact) mass is 166 g/mol. The van der Waals surface area contributed by atoms with Gasteiger partial charge in [-0.25, -0.2) is 0 Å². The van der Waals surface area contributed by atoms with Gasteiger partial charge < -0.3 is 10.6 Å². The second kappa shape index (κ2) is 2.62. The lowest BCUT2D eigenvalue weighted by atomic mass is 10.1. The molecule has 0 aliphatic carbocycles. The molecule has 0 saturated carbocycles. The van der Waals surface area contributed by atoms with Gasteiger partial charge in [0.1, 0.15) is 11.4 Å². The molecule has 0 aromatic heterocycles. The van der Waals surface area contributed by atoms with Crippen LogP contribution >= 0.6 is 0 Å². The molecule has 0 radical (unpaired) electrons. The smallest absolute Gasteiger partial charge is 0.253 e. The Labute approximate surface area is 69.3 Å². The Bertz CT molecular complexity index is 327. The van der Waals surface area contributed by atoms with Crippen molar-refractivity contribution in [1.82, 2.24) is 0 Å². The quantitative estimate of drug-likeness (QED) is 0.528. The standard InChI is InChI=1S/C8H10N2O2/c11-7-5-6(8(7)12)10-4-2-1-3-9-5/h9-10H,1-4H2. The minimum atomic E-state index is -0.376. The summed E-state index contributed by atoms with van der Waals surface area (Å²) < 4.78 is 0. The third kappa shape index (κ3) is 0.913. The molecule has 1 aromatic rings. The summed E-state index contributed by atoms with van der Waals surface area (Å²) in [5.41, 5.74) is 0.221. The van der Waals surface area contributed by atoms with E-state index in [4.69, 9.17) is 0 Å². The molecule has 2 N–H and O–H groups in total. The maximum atomic E-state index is 11.0. The molecule has 2 rings (SSSR count). The minimum Gasteiger partial charge on any atom is -0.380 e. The Hall–Kier alpha value is -1.32. The van der Waals surface area contributed by atoms with E-state index in [9.17, 15) is 9.59 Å². The molecule has 0 fully saturated rings. The summed E-state index contributed by atoms with van der Waals surface area (Å²) >= 11 is 0. The first-order valence-corrected chi connectivity index (χ1v) is 4.12. The zero-order chi connectivity index (χ0) is 8.55. The van der Waals surface area contributed by atoms with E-state index in [0.717, 1.165) is 25.9 Å². The van der Waals surface area contributed by atoms with Crippen molar-refractivity contribution in [3.05, 3.63) is 20.4 Å². The van der Waals surface area contributed by atoms with Crippen molar-refractivity contribution in [3.8, 4) is 0 Å². The molecule has 0 unspecified atom stereocenters. The van der Waals surface area contributed by atoms with Gasteiger partial charge in [0.25, 0.3) is 10.9 Å². The molecule has 12 heavy (non-hydrogen) atoms.